The van der Waals surface area contributed by atoms with Crippen molar-refractivity contribution >= 4 is 16.8 Å². The van der Waals surface area contributed by atoms with E-state index in [0.29, 0.717) is 13.0 Å². The van der Waals surface area contributed by atoms with Gasteiger partial charge < -0.3 is 9.88 Å². The lowest BCUT2D eigenvalue weighted by atomic mass is 9.80. The van der Waals surface area contributed by atoms with Gasteiger partial charge in [-0.1, -0.05) is 85.8 Å². The summed E-state index contributed by atoms with van der Waals surface area (Å²) in [4.78, 5) is 13.0. The highest BCUT2D eigenvalue weighted by Crippen LogP contribution is 2.39. The number of rotatable bonds is 7. The molecule has 3 nitrogen and oxygen atoms in total. The van der Waals surface area contributed by atoms with Gasteiger partial charge in [0.25, 0.3) is 0 Å². The Balaban J connectivity index is 1.62. The van der Waals surface area contributed by atoms with Gasteiger partial charge in [0.2, 0.25) is 5.91 Å². The molecular formula is C27H28N2O. The molecular weight excluding hydrogens is 368 g/mol. The molecule has 3 heteroatoms. The molecule has 1 amide bonds. The Kier molecular flexibility index (Phi) is 5.99. The zero-order valence-electron chi connectivity index (χ0n) is 17.6. The molecule has 2 atom stereocenters. The SMILES string of the molecule is C[C@@H](c1ccccc1)[C@H](CC(=O)NCc1ccccc1)c1cn(C)c2ccccc12. The number of nitrogens with zero attached hydrogens (tertiary/aromatic N) is 1. The van der Waals surface area contributed by atoms with E-state index < -0.39 is 0 Å². The van der Waals surface area contributed by atoms with Crippen molar-refractivity contribution in [3.8, 4) is 0 Å². The second-order valence-corrected chi connectivity index (χ2v) is 7.98. The van der Waals surface area contributed by atoms with E-state index in [1.165, 1.54) is 22.0 Å². The van der Waals surface area contributed by atoms with Crippen molar-refractivity contribution in [1.82, 2.24) is 9.88 Å². The molecule has 0 saturated heterocycles. The summed E-state index contributed by atoms with van der Waals surface area (Å²) in [6.07, 6.45) is 2.65. The fourth-order valence-electron chi connectivity index (χ4n) is 4.28. The average molecular weight is 397 g/mol. The first kappa shape index (κ1) is 20.0. The minimum atomic E-state index is 0.0829. The third-order valence-corrected chi connectivity index (χ3v) is 5.99. The Morgan fingerprint density at radius 1 is 0.900 bits per heavy atom. The number of para-hydroxylation sites is 1. The molecule has 0 spiro atoms. The largest absolute Gasteiger partial charge is 0.352 e. The van der Waals surface area contributed by atoms with Crippen LogP contribution in [0.15, 0.2) is 91.1 Å². The molecule has 3 aromatic carbocycles. The highest BCUT2D eigenvalue weighted by atomic mass is 16.1. The van der Waals surface area contributed by atoms with Crippen LogP contribution in [0.25, 0.3) is 10.9 Å². The minimum absolute atomic E-state index is 0.0829. The summed E-state index contributed by atoms with van der Waals surface area (Å²) in [6, 6.07) is 29.0. The molecule has 0 radical (unpaired) electrons. The second-order valence-electron chi connectivity index (χ2n) is 7.98. The minimum Gasteiger partial charge on any atom is -0.352 e. The molecule has 0 fully saturated rings. The maximum Gasteiger partial charge on any atom is 0.220 e. The molecule has 0 saturated carbocycles. The number of nitrogens with one attached hydrogen (secondary N) is 1. The van der Waals surface area contributed by atoms with Crippen LogP contribution in [0.4, 0.5) is 0 Å². The van der Waals surface area contributed by atoms with E-state index in [1.54, 1.807) is 0 Å². The summed E-state index contributed by atoms with van der Waals surface area (Å²) in [6.45, 7) is 2.79. The zero-order chi connectivity index (χ0) is 20.9. The third kappa shape index (κ3) is 4.30. The fraction of sp³-hybridized carbons (Fsp3) is 0.222. The lowest BCUT2D eigenvalue weighted by Crippen LogP contribution is -2.26. The Morgan fingerprint density at radius 3 is 2.27 bits per heavy atom. The van der Waals surface area contributed by atoms with Crippen molar-refractivity contribution < 1.29 is 4.79 Å². The van der Waals surface area contributed by atoms with Crippen LogP contribution < -0.4 is 5.32 Å². The summed E-state index contributed by atoms with van der Waals surface area (Å²) < 4.78 is 2.16. The van der Waals surface area contributed by atoms with Crippen LogP contribution in [0.1, 0.15) is 41.9 Å². The number of aryl methyl sites for hydroxylation is 1. The van der Waals surface area contributed by atoms with Crippen LogP contribution in [-0.4, -0.2) is 10.5 Å². The predicted molar refractivity (Wildman–Crippen MR) is 123 cm³/mol. The van der Waals surface area contributed by atoms with Crippen LogP contribution in [0.5, 0.6) is 0 Å². The van der Waals surface area contributed by atoms with Crippen LogP contribution in [0.2, 0.25) is 0 Å². The predicted octanol–water partition coefficient (Wildman–Crippen LogP) is 5.77. The summed E-state index contributed by atoms with van der Waals surface area (Å²) in [5.41, 5.74) is 4.80. The Hall–Kier alpha value is -3.33. The normalized spacial score (nSPS) is 13.1. The van der Waals surface area contributed by atoms with Crippen LogP contribution in [-0.2, 0) is 18.4 Å². The van der Waals surface area contributed by atoms with Crippen LogP contribution >= 0.6 is 0 Å². The third-order valence-electron chi connectivity index (χ3n) is 5.99. The summed E-state index contributed by atoms with van der Waals surface area (Å²) in [7, 11) is 2.07. The average Bonchev–Trinajstić information content (AvgIpc) is 3.13. The number of aromatic nitrogens is 1. The number of amides is 1. The molecule has 4 rings (SSSR count). The lowest BCUT2D eigenvalue weighted by Gasteiger charge is -2.24. The topological polar surface area (TPSA) is 34.0 Å². The van der Waals surface area contributed by atoms with Gasteiger partial charge >= 0.3 is 0 Å². The maximum atomic E-state index is 13.0. The van der Waals surface area contributed by atoms with Crippen LogP contribution in [0, 0.1) is 0 Å². The lowest BCUT2D eigenvalue weighted by molar-refractivity contribution is -0.121. The van der Waals surface area contributed by atoms with E-state index in [1.807, 2.05) is 36.4 Å². The number of carbonyl (C=O) groups is 1. The van der Waals surface area contributed by atoms with Gasteiger partial charge in [-0.05, 0) is 28.7 Å². The quantitative estimate of drug-likeness (QED) is 0.423. The number of hydrogen-bond donors (Lipinski definition) is 1. The highest BCUT2D eigenvalue weighted by molar-refractivity contribution is 5.86. The molecule has 0 aliphatic rings. The van der Waals surface area contributed by atoms with Gasteiger partial charge in [0.15, 0.2) is 0 Å². The standard InChI is InChI=1S/C27H28N2O/c1-20(22-13-7-4-8-14-22)24(17-27(30)28-18-21-11-5-3-6-12-21)25-19-29(2)26-16-10-9-15-23(25)26/h3-16,19-20,24H,17-18H2,1-2H3,(H,28,30)/t20-,24-/m0/s1. The zero-order valence-corrected chi connectivity index (χ0v) is 17.6. The molecule has 152 valence electrons. The molecule has 30 heavy (non-hydrogen) atoms. The molecule has 0 unspecified atom stereocenters. The van der Waals surface area contributed by atoms with Gasteiger partial charge in [0.05, 0.1) is 0 Å². The highest BCUT2D eigenvalue weighted by Gasteiger charge is 2.26. The molecule has 0 aliphatic carbocycles. The van der Waals surface area contributed by atoms with Crippen molar-refractivity contribution in [1.29, 1.82) is 0 Å². The van der Waals surface area contributed by atoms with Gasteiger partial charge in [-0.2, -0.15) is 0 Å². The van der Waals surface area contributed by atoms with Crippen molar-refractivity contribution in [2.24, 2.45) is 7.05 Å². The Morgan fingerprint density at radius 2 is 1.53 bits per heavy atom. The first-order valence-electron chi connectivity index (χ1n) is 10.5. The molecule has 1 aromatic heterocycles. The molecule has 1 heterocycles. The second kappa shape index (κ2) is 9.00. The summed E-state index contributed by atoms with van der Waals surface area (Å²) in [5.74, 6) is 0.397. The van der Waals surface area contributed by atoms with E-state index in [2.05, 4.69) is 78.6 Å². The van der Waals surface area contributed by atoms with E-state index in [4.69, 9.17) is 0 Å². The van der Waals surface area contributed by atoms with E-state index in [-0.39, 0.29) is 17.7 Å². The molecule has 0 bridgehead atoms. The van der Waals surface area contributed by atoms with Gasteiger partial charge in [-0.25, -0.2) is 0 Å². The van der Waals surface area contributed by atoms with Gasteiger partial charge in [0, 0.05) is 43.0 Å². The van der Waals surface area contributed by atoms with Crippen LogP contribution in [0.3, 0.4) is 0 Å². The number of hydrogen-bond acceptors (Lipinski definition) is 1. The van der Waals surface area contributed by atoms with Crippen molar-refractivity contribution in [2.45, 2.75) is 31.7 Å². The monoisotopic (exact) mass is 396 g/mol. The smallest absolute Gasteiger partial charge is 0.220 e. The maximum absolute atomic E-state index is 13.0. The summed E-state index contributed by atoms with van der Waals surface area (Å²) in [5, 5.41) is 4.34. The van der Waals surface area contributed by atoms with E-state index in [0.717, 1.165) is 5.56 Å². The fourth-order valence-corrected chi connectivity index (χ4v) is 4.28. The number of carbonyl (C=O) groups excluding carboxylic acids is 1. The summed E-state index contributed by atoms with van der Waals surface area (Å²) >= 11 is 0. The first-order valence-corrected chi connectivity index (χ1v) is 10.5. The number of fused-ring (bicyclic) bond motifs is 1. The first-order chi connectivity index (χ1) is 14.6. The van der Waals surface area contributed by atoms with Gasteiger partial charge in [-0.15, -0.1) is 0 Å². The van der Waals surface area contributed by atoms with Gasteiger partial charge in [0.1, 0.15) is 0 Å². The molecule has 1 N–H and O–H groups in total. The van der Waals surface area contributed by atoms with E-state index >= 15 is 0 Å². The van der Waals surface area contributed by atoms with Crippen molar-refractivity contribution in [3.63, 3.8) is 0 Å². The molecule has 4 aromatic rings. The van der Waals surface area contributed by atoms with Crippen molar-refractivity contribution in [3.05, 3.63) is 108 Å². The Bertz CT molecular complexity index is 1120. The molecule has 0 aliphatic heterocycles. The van der Waals surface area contributed by atoms with Gasteiger partial charge in [-0.3, -0.25) is 4.79 Å². The van der Waals surface area contributed by atoms with E-state index in [9.17, 15) is 4.79 Å². The Labute approximate surface area is 178 Å². The number of benzene rings is 3. The van der Waals surface area contributed by atoms with Crippen molar-refractivity contribution in [2.75, 3.05) is 0 Å².